The maximum absolute atomic E-state index is 13.1. The van der Waals surface area contributed by atoms with Gasteiger partial charge in [0.15, 0.2) is 12.2 Å². The van der Waals surface area contributed by atoms with E-state index < -0.39 is 97.5 Å². The normalized spacial score (nSPS) is 14.3. The summed E-state index contributed by atoms with van der Waals surface area (Å²) in [6.45, 7) is 4.78. The van der Waals surface area contributed by atoms with Crippen molar-refractivity contribution in [1.82, 2.24) is 0 Å². The molecule has 19 heteroatoms. The fraction of sp³-hybridized carbons (Fsp3) is 0.778. The molecule has 0 spiro atoms. The van der Waals surface area contributed by atoms with E-state index in [9.17, 15) is 43.2 Å². The quantitative estimate of drug-likeness (QED) is 0.0128. The lowest BCUT2D eigenvalue weighted by Crippen LogP contribution is -2.30. The third-order valence-electron chi connectivity index (χ3n) is 16.8. The van der Waals surface area contributed by atoms with Gasteiger partial charge in [-0.1, -0.05) is 267 Å². The highest BCUT2D eigenvalue weighted by Gasteiger charge is 2.30. The second-order valence-corrected chi connectivity index (χ2v) is 29.6. The lowest BCUT2D eigenvalue weighted by molar-refractivity contribution is -0.161. The average Bonchev–Trinajstić information content (AvgIpc) is 1.01. The summed E-state index contributed by atoms with van der Waals surface area (Å²) < 4.78 is 68.6. The zero-order valence-electron chi connectivity index (χ0n) is 63.4. The Bertz CT molecular complexity index is 2230. The fourth-order valence-electron chi connectivity index (χ4n) is 10.7. The van der Waals surface area contributed by atoms with Gasteiger partial charge < -0.3 is 33.8 Å². The largest absolute Gasteiger partial charge is 0.472 e. The van der Waals surface area contributed by atoms with Crippen molar-refractivity contribution in [3.63, 3.8) is 0 Å². The zero-order valence-corrected chi connectivity index (χ0v) is 65.2. The summed E-state index contributed by atoms with van der Waals surface area (Å²) in [5, 5.41) is 10.6. The van der Waals surface area contributed by atoms with Crippen LogP contribution in [0.3, 0.4) is 0 Å². The molecule has 0 aromatic heterocycles. The van der Waals surface area contributed by atoms with Gasteiger partial charge in [0.05, 0.1) is 26.4 Å². The Hall–Kier alpha value is -3.76. The molecule has 0 aromatic rings. The number of phosphoric ester groups is 2. The van der Waals surface area contributed by atoms with Gasteiger partial charge in [0.25, 0.3) is 0 Å². The van der Waals surface area contributed by atoms with E-state index in [1.807, 2.05) is 0 Å². The van der Waals surface area contributed by atoms with Gasteiger partial charge in [-0.3, -0.25) is 37.3 Å². The number of ether oxygens (including phenoxy) is 4. The van der Waals surface area contributed by atoms with Crippen LogP contribution in [0.25, 0.3) is 0 Å². The molecule has 0 aromatic carbocycles. The molecule has 5 atom stereocenters. The SMILES string of the molecule is CCCCC/C=C\C/C=C\CCCCCCCC(=O)OC[C@H](COP(=O)(O)OC[C@H](O)COP(=O)(O)OC[C@@H](COC(=O)CCCCCCC/C=C\C/C=C\CCCCC)OC(=O)CCCCCCC/C=C\CCCCCCCC)OC(=O)CCCCCCC/C=C\C=C/CCCCCC. The minimum absolute atomic E-state index is 0.0753. The van der Waals surface area contributed by atoms with E-state index >= 15 is 0 Å². The van der Waals surface area contributed by atoms with Crippen molar-refractivity contribution in [2.75, 3.05) is 39.6 Å². The number of carbonyl (C=O) groups is 4. The van der Waals surface area contributed by atoms with Crippen LogP contribution in [0.4, 0.5) is 0 Å². The summed E-state index contributed by atoms with van der Waals surface area (Å²) >= 11 is 0. The molecule has 0 saturated carbocycles. The van der Waals surface area contributed by atoms with Crippen LogP contribution in [0.5, 0.6) is 0 Å². The summed E-state index contributed by atoms with van der Waals surface area (Å²) in [5.41, 5.74) is 0. The predicted octanol–water partition coefficient (Wildman–Crippen LogP) is 23.0. The number of hydrogen-bond donors (Lipinski definition) is 3. The lowest BCUT2D eigenvalue weighted by atomic mass is 10.1. The standard InChI is InChI=1S/C81H144O17P2/c1-5-9-13-17-21-25-29-33-37-41-45-49-53-57-61-65-78(83)91-71-76(97-80(85)67-63-59-55-51-47-43-39-35-31-27-23-19-15-11-7-3)73-95-99(87,88)93-69-75(82)70-94-100(89,90)96-74-77(98-81(86)68-64-60-56-52-48-44-40-36-32-28-24-20-16-12-8-4)72-92-79(84)66-62-58-54-50-46-42-38-34-30-26-22-18-14-10-6-2/h21-22,25-27,31,33-40,75-77,82H,5-20,23-24,28-30,32,41-74H2,1-4H3,(H,87,88)(H,89,90)/b25-21-,26-22-,31-27-,37-33-,38-34-,39-35-,40-36-/t75-,76+,77+/m0/s1. The van der Waals surface area contributed by atoms with Crippen molar-refractivity contribution in [2.45, 2.75) is 367 Å². The number of phosphoric acid groups is 2. The van der Waals surface area contributed by atoms with E-state index in [1.54, 1.807) is 0 Å². The molecule has 0 heterocycles. The number of unbranched alkanes of at least 4 members (excludes halogenated alkanes) is 36. The van der Waals surface area contributed by atoms with Crippen LogP contribution in [0, 0.1) is 0 Å². The highest BCUT2D eigenvalue weighted by molar-refractivity contribution is 7.47. The van der Waals surface area contributed by atoms with Gasteiger partial charge in [-0.2, -0.15) is 0 Å². The molecular formula is C81H144O17P2. The van der Waals surface area contributed by atoms with E-state index in [0.29, 0.717) is 25.7 Å². The van der Waals surface area contributed by atoms with Crippen molar-refractivity contribution >= 4 is 39.5 Å². The van der Waals surface area contributed by atoms with Gasteiger partial charge in [0, 0.05) is 25.7 Å². The molecule has 100 heavy (non-hydrogen) atoms. The molecule has 0 aliphatic rings. The van der Waals surface area contributed by atoms with Crippen molar-refractivity contribution in [1.29, 1.82) is 0 Å². The lowest BCUT2D eigenvalue weighted by Gasteiger charge is -2.21. The van der Waals surface area contributed by atoms with Gasteiger partial charge >= 0.3 is 39.5 Å². The molecular weight excluding hydrogens is 1310 g/mol. The molecule has 0 aliphatic heterocycles. The minimum atomic E-state index is -4.98. The number of rotatable bonds is 75. The molecule has 3 N–H and O–H groups in total. The topological polar surface area (TPSA) is 237 Å². The summed E-state index contributed by atoms with van der Waals surface area (Å²) in [6.07, 6.45) is 75.5. The zero-order chi connectivity index (χ0) is 73.2. The van der Waals surface area contributed by atoms with Gasteiger partial charge in [-0.05, 0) is 141 Å². The van der Waals surface area contributed by atoms with Gasteiger partial charge in [0.2, 0.25) is 0 Å². The van der Waals surface area contributed by atoms with Crippen molar-refractivity contribution in [3.05, 3.63) is 85.1 Å². The summed E-state index contributed by atoms with van der Waals surface area (Å²) in [7, 11) is -9.96. The molecule has 0 amide bonds. The Labute approximate surface area is 608 Å². The average molecular weight is 1450 g/mol. The number of esters is 4. The molecule has 580 valence electrons. The molecule has 0 saturated heterocycles. The summed E-state index contributed by atoms with van der Waals surface area (Å²) in [6, 6.07) is 0. The maximum Gasteiger partial charge on any atom is 0.472 e. The first-order valence-electron chi connectivity index (χ1n) is 39.8. The molecule has 0 rings (SSSR count). The second-order valence-electron chi connectivity index (χ2n) is 26.7. The van der Waals surface area contributed by atoms with Gasteiger partial charge in [0.1, 0.15) is 19.3 Å². The molecule has 17 nitrogen and oxygen atoms in total. The van der Waals surface area contributed by atoms with Crippen LogP contribution in [-0.4, -0.2) is 96.7 Å². The second kappa shape index (κ2) is 73.5. The molecule has 0 fully saturated rings. The first-order valence-corrected chi connectivity index (χ1v) is 42.8. The van der Waals surface area contributed by atoms with Crippen LogP contribution in [0.1, 0.15) is 349 Å². The van der Waals surface area contributed by atoms with Crippen molar-refractivity contribution < 1.29 is 80.2 Å². The third kappa shape index (κ3) is 72.6. The molecule has 2 unspecified atom stereocenters. The van der Waals surface area contributed by atoms with Gasteiger partial charge in [-0.15, -0.1) is 0 Å². The first kappa shape index (κ1) is 96.2. The Morgan fingerprint density at radius 3 is 0.840 bits per heavy atom. The van der Waals surface area contributed by atoms with E-state index in [1.165, 1.54) is 103 Å². The molecule has 0 aliphatic carbocycles. The molecule has 0 bridgehead atoms. The highest BCUT2D eigenvalue weighted by atomic mass is 31.2. The van der Waals surface area contributed by atoms with Crippen LogP contribution < -0.4 is 0 Å². The van der Waals surface area contributed by atoms with Crippen LogP contribution in [0.2, 0.25) is 0 Å². The number of hydrogen-bond acceptors (Lipinski definition) is 15. The maximum atomic E-state index is 13.1. The number of carbonyl (C=O) groups excluding carboxylic acids is 4. The molecule has 0 radical (unpaired) electrons. The van der Waals surface area contributed by atoms with Crippen molar-refractivity contribution in [2.24, 2.45) is 0 Å². The van der Waals surface area contributed by atoms with Crippen molar-refractivity contribution in [3.8, 4) is 0 Å². The smallest absolute Gasteiger partial charge is 0.462 e. The first-order chi connectivity index (χ1) is 48.7. The Morgan fingerprint density at radius 1 is 0.290 bits per heavy atom. The third-order valence-corrected chi connectivity index (χ3v) is 18.7. The Balaban J connectivity index is 5.38. The minimum Gasteiger partial charge on any atom is -0.462 e. The van der Waals surface area contributed by atoms with E-state index in [-0.39, 0.29) is 25.7 Å². The van der Waals surface area contributed by atoms with Gasteiger partial charge in [-0.25, -0.2) is 9.13 Å². The monoisotopic (exact) mass is 1450 g/mol. The van der Waals surface area contributed by atoms with Crippen LogP contribution in [0.15, 0.2) is 85.1 Å². The number of aliphatic hydroxyl groups is 1. The van der Waals surface area contributed by atoms with E-state index in [4.69, 9.17) is 37.0 Å². The number of allylic oxidation sites excluding steroid dienone is 14. The van der Waals surface area contributed by atoms with Crippen LogP contribution in [-0.2, 0) is 65.4 Å². The Morgan fingerprint density at radius 2 is 0.520 bits per heavy atom. The number of aliphatic hydroxyl groups excluding tert-OH is 1. The predicted molar refractivity (Wildman–Crippen MR) is 409 cm³/mol. The fourth-order valence-corrected chi connectivity index (χ4v) is 12.3. The van der Waals surface area contributed by atoms with E-state index in [2.05, 4.69) is 113 Å². The van der Waals surface area contributed by atoms with Crippen LogP contribution >= 0.6 is 15.6 Å². The highest BCUT2D eigenvalue weighted by Crippen LogP contribution is 2.45. The summed E-state index contributed by atoms with van der Waals surface area (Å²) in [5.74, 6) is -2.21. The summed E-state index contributed by atoms with van der Waals surface area (Å²) in [4.78, 5) is 73.0. The Kier molecular flexibility index (Phi) is 70.8. The van der Waals surface area contributed by atoms with E-state index in [0.717, 1.165) is 167 Å².